The second-order valence-corrected chi connectivity index (χ2v) is 6.54. The van der Waals surface area contributed by atoms with Crippen LogP contribution in [0.3, 0.4) is 0 Å². The summed E-state index contributed by atoms with van der Waals surface area (Å²) < 4.78 is 33.1. The summed E-state index contributed by atoms with van der Waals surface area (Å²) in [5, 5.41) is 8.92. The number of aryl methyl sites for hydroxylation is 1. The molecule has 2 heterocycles. The highest BCUT2D eigenvalue weighted by atomic mass is 35.5. The van der Waals surface area contributed by atoms with Crippen LogP contribution in [0.2, 0.25) is 0 Å². The van der Waals surface area contributed by atoms with Gasteiger partial charge in [-0.05, 0) is 26.2 Å². The van der Waals surface area contributed by atoms with Crippen molar-refractivity contribution in [3.63, 3.8) is 0 Å². The van der Waals surface area contributed by atoms with Gasteiger partial charge in [0.2, 0.25) is 10.0 Å². The van der Waals surface area contributed by atoms with E-state index in [1.165, 1.54) is 13.0 Å². The van der Waals surface area contributed by atoms with E-state index >= 15 is 0 Å². The molecule has 21 heavy (non-hydrogen) atoms. The van der Waals surface area contributed by atoms with Gasteiger partial charge < -0.3 is 14.7 Å². The molecule has 10 heteroatoms. The number of hydrogen-bond donors (Lipinski definition) is 2. The summed E-state index contributed by atoms with van der Waals surface area (Å²) in [6, 6.07) is 1.27. The SMILES string of the molecule is Cc1oc(-c2nc(C3(N)CCC3)no2)cc1S(N)(=O)=O.Cl. The third-order valence-corrected chi connectivity index (χ3v) is 4.53. The second kappa shape index (κ2) is 5.09. The van der Waals surface area contributed by atoms with E-state index in [0.29, 0.717) is 5.82 Å². The molecule has 116 valence electrons. The lowest BCUT2D eigenvalue weighted by Crippen LogP contribution is -2.44. The van der Waals surface area contributed by atoms with E-state index in [1.54, 1.807) is 0 Å². The average molecular weight is 335 g/mol. The minimum Gasteiger partial charge on any atom is -0.455 e. The summed E-state index contributed by atoms with van der Waals surface area (Å²) in [5.41, 5.74) is 5.54. The number of halogens is 1. The maximum absolute atomic E-state index is 11.3. The zero-order valence-corrected chi connectivity index (χ0v) is 12.8. The summed E-state index contributed by atoms with van der Waals surface area (Å²) in [6.07, 6.45) is 2.62. The molecular weight excluding hydrogens is 320 g/mol. The van der Waals surface area contributed by atoms with Crippen LogP contribution in [-0.2, 0) is 15.6 Å². The predicted octanol–water partition coefficient (Wildman–Crippen LogP) is 1.05. The monoisotopic (exact) mass is 334 g/mol. The Hall–Kier alpha value is -1.42. The number of nitrogens with two attached hydrogens (primary N) is 2. The number of nitrogens with zero attached hydrogens (tertiary/aromatic N) is 2. The number of sulfonamides is 1. The van der Waals surface area contributed by atoms with Gasteiger partial charge in [0.15, 0.2) is 11.6 Å². The maximum atomic E-state index is 11.3. The Morgan fingerprint density at radius 1 is 1.38 bits per heavy atom. The van der Waals surface area contributed by atoms with Crippen LogP contribution in [0.4, 0.5) is 0 Å². The molecule has 1 saturated carbocycles. The Balaban J connectivity index is 0.00000161. The van der Waals surface area contributed by atoms with E-state index in [2.05, 4.69) is 10.1 Å². The normalized spacial score (nSPS) is 17.1. The molecule has 8 nitrogen and oxygen atoms in total. The molecule has 0 spiro atoms. The minimum absolute atomic E-state index is 0. The van der Waals surface area contributed by atoms with Gasteiger partial charge >= 0.3 is 0 Å². The van der Waals surface area contributed by atoms with Crippen molar-refractivity contribution in [1.82, 2.24) is 10.1 Å². The molecule has 0 radical (unpaired) electrons. The molecule has 0 bridgehead atoms. The molecule has 3 rings (SSSR count). The molecule has 0 amide bonds. The van der Waals surface area contributed by atoms with Crippen molar-refractivity contribution in [3.05, 3.63) is 17.7 Å². The molecule has 1 fully saturated rings. The number of primary sulfonamides is 1. The molecule has 0 saturated heterocycles. The first-order chi connectivity index (χ1) is 9.29. The Bertz CT molecular complexity index is 763. The zero-order chi connectivity index (χ0) is 14.5. The number of furan rings is 1. The van der Waals surface area contributed by atoms with E-state index in [0.717, 1.165) is 19.3 Å². The Labute approximate surface area is 127 Å². The molecule has 0 atom stereocenters. The largest absolute Gasteiger partial charge is 0.455 e. The highest BCUT2D eigenvalue weighted by Crippen LogP contribution is 2.38. The molecule has 2 aromatic heterocycles. The smallest absolute Gasteiger partial charge is 0.293 e. The van der Waals surface area contributed by atoms with Crippen LogP contribution in [0.1, 0.15) is 30.8 Å². The van der Waals surface area contributed by atoms with Gasteiger partial charge in [-0.15, -0.1) is 12.4 Å². The fourth-order valence-electron chi connectivity index (χ4n) is 2.16. The molecular formula is C11H15ClN4O4S. The lowest BCUT2D eigenvalue weighted by molar-refractivity contribution is 0.229. The predicted molar refractivity (Wildman–Crippen MR) is 75.1 cm³/mol. The maximum Gasteiger partial charge on any atom is 0.293 e. The first-order valence-corrected chi connectivity index (χ1v) is 7.61. The van der Waals surface area contributed by atoms with Crippen LogP contribution in [0.5, 0.6) is 0 Å². The third-order valence-electron chi connectivity index (χ3n) is 3.51. The van der Waals surface area contributed by atoms with Crippen LogP contribution in [0, 0.1) is 6.92 Å². The molecule has 1 aliphatic rings. The topological polar surface area (TPSA) is 138 Å². The van der Waals surface area contributed by atoms with Gasteiger partial charge in [0, 0.05) is 6.07 Å². The van der Waals surface area contributed by atoms with E-state index in [-0.39, 0.29) is 34.7 Å². The van der Waals surface area contributed by atoms with Crippen LogP contribution in [0.25, 0.3) is 11.7 Å². The molecule has 0 unspecified atom stereocenters. The van der Waals surface area contributed by atoms with Crippen LogP contribution < -0.4 is 10.9 Å². The summed E-state index contributed by atoms with van der Waals surface area (Å²) in [4.78, 5) is 4.08. The van der Waals surface area contributed by atoms with Crippen LogP contribution in [-0.4, -0.2) is 18.6 Å². The van der Waals surface area contributed by atoms with E-state index in [1.807, 2.05) is 0 Å². The molecule has 1 aliphatic carbocycles. The van der Waals surface area contributed by atoms with Crippen molar-refractivity contribution >= 4 is 22.4 Å². The van der Waals surface area contributed by atoms with Crippen molar-refractivity contribution in [2.45, 2.75) is 36.6 Å². The molecule has 2 aromatic rings. The van der Waals surface area contributed by atoms with Crippen molar-refractivity contribution in [3.8, 4) is 11.7 Å². The van der Waals surface area contributed by atoms with Gasteiger partial charge in [-0.3, -0.25) is 0 Å². The fourth-order valence-corrected chi connectivity index (χ4v) is 2.87. The lowest BCUT2D eigenvalue weighted by Gasteiger charge is -2.34. The van der Waals surface area contributed by atoms with Gasteiger partial charge in [-0.2, -0.15) is 4.98 Å². The van der Waals surface area contributed by atoms with Crippen molar-refractivity contribution in [1.29, 1.82) is 0 Å². The fraction of sp³-hybridized carbons (Fsp3) is 0.455. The van der Waals surface area contributed by atoms with Gasteiger partial charge in [0.1, 0.15) is 10.7 Å². The summed E-state index contributed by atoms with van der Waals surface area (Å²) in [7, 11) is -3.84. The van der Waals surface area contributed by atoms with Crippen molar-refractivity contribution < 1.29 is 17.4 Å². The Morgan fingerprint density at radius 2 is 2.05 bits per heavy atom. The van der Waals surface area contributed by atoms with Gasteiger partial charge in [-0.1, -0.05) is 5.16 Å². The minimum atomic E-state index is -3.84. The second-order valence-electron chi connectivity index (χ2n) is 5.01. The van der Waals surface area contributed by atoms with Crippen LogP contribution in [0.15, 0.2) is 19.9 Å². The molecule has 0 aliphatic heterocycles. The number of hydrogen-bond acceptors (Lipinski definition) is 7. The van der Waals surface area contributed by atoms with E-state index in [4.69, 9.17) is 19.8 Å². The van der Waals surface area contributed by atoms with Gasteiger partial charge in [0.25, 0.3) is 5.89 Å². The Morgan fingerprint density at radius 3 is 2.52 bits per heavy atom. The zero-order valence-electron chi connectivity index (χ0n) is 11.2. The van der Waals surface area contributed by atoms with Crippen molar-refractivity contribution in [2.24, 2.45) is 10.9 Å². The summed E-state index contributed by atoms with van der Waals surface area (Å²) >= 11 is 0. The highest BCUT2D eigenvalue weighted by molar-refractivity contribution is 7.89. The van der Waals surface area contributed by atoms with Gasteiger partial charge in [-0.25, -0.2) is 13.6 Å². The highest BCUT2D eigenvalue weighted by Gasteiger charge is 2.39. The van der Waals surface area contributed by atoms with Gasteiger partial charge in [0.05, 0.1) is 5.54 Å². The standard InChI is InChI=1S/C11H14N4O4S.ClH/c1-6-8(20(13,16)17)5-7(18-6)9-14-10(15-19-9)11(12)3-2-4-11;/h5H,2-4,12H2,1H3,(H2,13,16,17);1H. The first kappa shape index (κ1) is 16.0. The third kappa shape index (κ3) is 2.69. The quantitative estimate of drug-likeness (QED) is 0.855. The number of rotatable bonds is 3. The van der Waals surface area contributed by atoms with E-state index in [9.17, 15) is 8.42 Å². The Kier molecular flexibility index (Phi) is 3.87. The number of aromatic nitrogens is 2. The molecule has 0 aromatic carbocycles. The first-order valence-electron chi connectivity index (χ1n) is 6.06. The molecule has 4 N–H and O–H groups in total. The average Bonchev–Trinajstić information content (AvgIpc) is 2.90. The summed E-state index contributed by atoms with van der Waals surface area (Å²) in [5.74, 6) is 0.834. The van der Waals surface area contributed by atoms with Crippen molar-refractivity contribution in [2.75, 3.05) is 0 Å². The van der Waals surface area contributed by atoms with Crippen LogP contribution >= 0.6 is 12.4 Å². The lowest BCUT2D eigenvalue weighted by atomic mass is 9.77. The summed E-state index contributed by atoms with van der Waals surface area (Å²) in [6.45, 7) is 1.50. The van der Waals surface area contributed by atoms with E-state index < -0.39 is 15.6 Å².